The van der Waals surface area contributed by atoms with Gasteiger partial charge in [0.2, 0.25) is 0 Å². The van der Waals surface area contributed by atoms with Crippen molar-refractivity contribution in [3.05, 3.63) is 71.1 Å². The molecule has 5 rings (SSSR count). The smallest absolute Gasteiger partial charge is 0.435 e. The van der Waals surface area contributed by atoms with Gasteiger partial charge in [0.1, 0.15) is 22.6 Å². The molecule has 39 heavy (non-hydrogen) atoms. The van der Waals surface area contributed by atoms with Crippen molar-refractivity contribution in [2.75, 3.05) is 0 Å². The summed E-state index contributed by atoms with van der Waals surface area (Å²) in [7, 11) is 0. The molecule has 1 N–H and O–H groups in total. The zero-order chi connectivity index (χ0) is 28.1. The lowest BCUT2D eigenvalue weighted by atomic mass is 10.0. The van der Waals surface area contributed by atoms with Crippen molar-refractivity contribution in [1.82, 2.24) is 14.3 Å². The zero-order valence-corrected chi connectivity index (χ0v) is 23.6. The number of aromatic nitrogens is 3. The Balaban J connectivity index is 1.67. The normalized spacial score (nSPS) is 12.3. The van der Waals surface area contributed by atoms with E-state index in [2.05, 4.69) is 5.10 Å². The van der Waals surface area contributed by atoms with Gasteiger partial charge in [0.25, 0.3) is 0 Å². The molecule has 3 aromatic heterocycles. The lowest BCUT2D eigenvalue weighted by molar-refractivity contribution is 0.0520. The molecule has 0 saturated heterocycles. The second kappa shape index (κ2) is 9.57. The first-order valence-electron chi connectivity index (χ1n) is 12.7. The van der Waals surface area contributed by atoms with E-state index in [1.165, 1.54) is 20.6 Å². The Bertz CT molecular complexity index is 1710. The molecule has 0 aliphatic rings. The Kier molecular flexibility index (Phi) is 6.50. The average molecular weight is 546 g/mol. The first kappa shape index (κ1) is 26.5. The third kappa shape index (κ3) is 5.40. The molecule has 0 unspecified atom stereocenters. The van der Waals surface area contributed by atoms with Crippen LogP contribution in [-0.4, -0.2) is 42.8 Å². The molecule has 5 aromatic rings. The van der Waals surface area contributed by atoms with Crippen LogP contribution in [0, 0.1) is 0 Å². The number of phenols is 1. The second-order valence-electron chi connectivity index (χ2n) is 11.4. The topological polar surface area (TPSA) is 95.6 Å². The van der Waals surface area contributed by atoms with Gasteiger partial charge in [-0.3, -0.25) is 0 Å². The highest BCUT2D eigenvalue weighted by atomic mass is 32.1. The molecule has 0 amide bonds. The van der Waals surface area contributed by atoms with Crippen molar-refractivity contribution in [2.24, 2.45) is 0 Å². The highest BCUT2D eigenvalue weighted by Gasteiger charge is 2.28. The molecular formula is C30H31N3O5S. The summed E-state index contributed by atoms with van der Waals surface area (Å²) in [5.41, 5.74) is 2.60. The van der Waals surface area contributed by atoms with Crippen LogP contribution in [0.4, 0.5) is 9.59 Å². The Morgan fingerprint density at radius 2 is 1.59 bits per heavy atom. The third-order valence-corrected chi connectivity index (χ3v) is 6.84. The number of carbonyl (C=O) groups is 2. The molecule has 3 heterocycles. The van der Waals surface area contributed by atoms with E-state index in [-0.39, 0.29) is 5.75 Å². The first-order chi connectivity index (χ1) is 18.3. The molecule has 9 heteroatoms. The van der Waals surface area contributed by atoms with Crippen molar-refractivity contribution in [2.45, 2.75) is 59.2 Å². The van der Waals surface area contributed by atoms with E-state index in [9.17, 15) is 14.7 Å². The number of aromatic hydroxyl groups is 1. The standard InChI is InChI=1S/C30H31N3O5S/c1-29(2,3)37-27(35)32-21-12-11-18(15-19-9-7-8-10-24(19)34)16-20(21)17-23(32)25-26-22(13-14-39-26)33(31-25)28(36)38-30(4,5)6/h7-14,16-17,34H,15H2,1-6H3. The van der Waals surface area contributed by atoms with Gasteiger partial charge < -0.3 is 14.6 Å². The summed E-state index contributed by atoms with van der Waals surface area (Å²) in [5, 5.41) is 17.6. The van der Waals surface area contributed by atoms with Crippen LogP contribution in [0.3, 0.4) is 0 Å². The fraction of sp³-hybridized carbons (Fsp3) is 0.300. The van der Waals surface area contributed by atoms with E-state index in [1.807, 2.05) is 68.6 Å². The molecule has 0 atom stereocenters. The minimum Gasteiger partial charge on any atom is -0.508 e. The fourth-order valence-electron chi connectivity index (χ4n) is 4.39. The summed E-state index contributed by atoms with van der Waals surface area (Å²) >= 11 is 1.43. The molecule has 202 valence electrons. The zero-order valence-electron chi connectivity index (χ0n) is 22.8. The van der Waals surface area contributed by atoms with E-state index in [1.54, 1.807) is 32.9 Å². The maximum absolute atomic E-state index is 13.5. The molecule has 0 saturated carbocycles. The summed E-state index contributed by atoms with van der Waals surface area (Å²) in [6, 6.07) is 16.7. The number of hydrogen-bond donors (Lipinski definition) is 1. The summed E-state index contributed by atoms with van der Waals surface area (Å²) in [6.45, 7) is 10.8. The van der Waals surface area contributed by atoms with Gasteiger partial charge in [-0.1, -0.05) is 24.3 Å². The molecule has 0 spiro atoms. The predicted octanol–water partition coefficient (Wildman–Crippen LogP) is 7.58. The average Bonchev–Trinajstić information content (AvgIpc) is 3.51. The van der Waals surface area contributed by atoms with Gasteiger partial charge in [-0.25, -0.2) is 14.2 Å². The van der Waals surface area contributed by atoms with E-state index < -0.39 is 23.4 Å². The number of benzene rings is 2. The summed E-state index contributed by atoms with van der Waals surface area (Å²) < 4.78 is 14.9. The van der Waals surface area contributed by atoms with E-state index in [0.29, 0.717) is 28.8 Å². The van der Waals surface area contributed by atoms with Crippen LogP contribution in [0.2, 0.25) is 0 Å². The Labute approximate surface area is 230 Å². The highest BCUT2D eigenvalue weighted by Crippen LogP contribution is 2.37. The van der Waals surface area contributed by atoms with Gasteiger partial charge in [0.15, 0.2) is 0 Å². The van der Waals surface area contributed by atoms with Crippen LogP contribution < -0.4 is 0 Å². The molecule has 8 nitrogen and oxygen atoms in total. The van der Waals surface area contributed by atoms with Crippen molar-refractivity contribution in [1.29, 1.82) is 0 Å². The molecule has 0 aliphatic heterocycles. The first-order valence-corrected chi connectivity index (χ1v) is 13.5. The number of phenolic OH excluding ortho intramolecular Hbond substituents is 1. The van der Waals surface area contributed by atoms with Crippen LogP contribution in [-0.2, 0) is 15.9 Å². The van der Waals surface area contributed by atoms with Gasteiger partial charge in [-0.05, 0) is 88.4 Å². The number of nitrogens with zero attached hydrogens (tertiary/aromatic N) is 3. The van der Waals surface area contributed by atoms with E-state index in [0.717, 1.165) is 21.2 Å². The van der Waals surface area contributed by atoms with Crippen molar-refractivity contribution in [3.63, 3.8) is 0 Å². The second-order valence-corrected chi connectivity index (χ2v) is 12.3. The maximum Gasteiger partial charge on any atom is 0.435 e. The molecular weight excluding hydrogens is 514 g/mol. The number of hydrogen-bond acceptors (Lipinski definition) is 7. The SMILES string of the molecule is CC(C)(C)OC(=O)n1nc(-c2cc3cc(Cc4ccccc4O)ccc3n2C(=O)OC(C)(C)C)c2sccc21. The number of para-hydroxylation sites is 1. The molecule has 0 aliphatic carbocycles. The van der Waals surface area contributed by atoms with Gasteiger partial charge in [0.05, 0.1) is 21.4 Å². The minimum absolute atomic E-state index is 0.234. The summed E-state index contributed by atoms with van der Waals surface area (Å²) in [6.07, 6.45) is -0.614. The Hall–Kier alpha value is -4.11. The summed E-state index contributed by atoms with van der Waals surface area (Å²) in [5.74, 6) is 0.234. The monoisotopic (exact) mass is 545 g/mol. The van der Waals surface area contributed by atoms with Gasteiger partial charge in [-0.15, -0.1) is 11.3 Å². The van der Waals surface area contributed by atoms with Crippen LogP contribution in [0.1, 0.15) is 52.7 Å². The maximum atomic E-state index is 13.5. The lowest BCUT2D eigenvalue weighted by Crippen LogP contribution is -2.28. The largest absolute Gasteiger partial charge is 0.508 e. The Morgan fingerprint density at radius 3 is 2.28 bits per heavy atom. The number of thiophene rings is 1. The molecule has 0 bridgehead atoms. The number of fused-ring (bicyclic) bond motifs is 2. The third-order valence-electron chi connectivity index (χ3n) is 5.92. The van der Waals surface area contributed by atoms with Gasteiger partial charge in [-0.2, -0.15) is 9.78 Å². The van der Waals surface area contributed by atoms with E-state index in [4.69, 9.17) is 9.47 Å². The van der Waals surface area contributed by atoms with Crippen molar-refractivity contribution in [3.8, 4) is 17.1 Å². The van der Waals surface area contributed by atoms with Crippen LogP contribution in [0.15, 0.2) is 60.0 Å². The number of rotatable bonds is 3. The molecule has 2 aromatic carbocycles. The van der Waals surface area contributed by atoms with Crippen LogP contribution >= 0.6 is 11.3 Å². The number of ether oxygens (including phenoxy) is 2. The number of carbonyl (C=O) groups excluding carboxylic acids is 2. The van der Waals surface area contributed by atoms with Crippen LogP contribution in [0.5, 0.6) is 5.75 Å². The lowest BCUT2D eigenvalue weighted by Gasteiger charge is -2.20. The molecule has 0 radical (unpaired) electrons. The highest BCUT2D eigenvalue weighted by molar-refractivity contribution is 7.17. The van der Waals surface area contributed by atoms with Gasteiger partial charge >= 0.3 is 12.2 Å². The molecule has 0 fully saturated rings. The van der Waals surface area contributed by atoms with Crippen LogP contribution in [0.25, 0.3) is 32.5 Å². The van der Waals surface area contributed by atoms with E-state index >= 15 is 0 Å². The summed E-state index contributed by atoms with van der Waals surface area (Å²) in [4.78, 5) is 26.5. The van der Waals surface area contributed by atoms with Gasteiger partial charge in [0, 0.05) is 11.8 Å². The predicted molar refractivity (Wildman–Crippen MR) is 153 cm³/mol. The Morgan fingerprint density at radius 1 is 0.897 bits per heavy atom. The quantitative estimate of drug-likeness (QED) is 0.251. The van der Waals surface area contributed by atoms with Crippen molar-refractivity contribution < 1.29 is 24.2 Å². The van der Waals surface area contributed by atoms with Crippen molar-refractivity contribution >= 4 is 44.6 Å². The fourth-order valence-corrected chi connectivity index (χ4v) is 5.26. The minimum atomic E-state index is -0.718.